The van der Waals surface area contributed by atoms with Gasteiger partial charge in [-0.25, -0.2) is 4.79 Å². The molecule has 0 unspecified atom stereocenters. The van der Waals surface area contributed by atoms with Crippen molar-refractivity contribution >= 4 is 33.7 Å². The van der Waals surface area contributed by atoms with Crippen molar-refractivity contribution in [2.75, 3.05) is 19.7 Å². The van der Waals surface area contributed by atoms with Crippen LogP contribution in [0, 0.1) is 5.92 Å². The molecule has 2 amide bonds. The Morgan fingerprint density at radius 1 is 1.39 bits per heavy atom. The van der Waals surface area contributed by atoms with Crippen LogP contribution in [0.5, 0.6) is 5.75 Å². The van der Waals surface area contributed by atoms with Gasteiger partial charge in [0.1, 0.15) is 11.3 Å². The Labute approximate surface area is 141 Å². The topological polar surface area (TPSA) is 110 Å². The van der Waals surface area contributed by atoms with Gasteiger partial charge in [-0.1, -0.05) is 15.9 Å². The maximum Gasteiger partial charge on any atom is 0.342 e. The maximum absolute atomic E-state index is 12.1. The van der Waals surface area contributed by atoms with E-state index in [1.54, 1.807) is 6.07 Å². The number of ether oxygens (including phenoxy) is 1. The second-order valence-corrected chi connectivity index (χ2v) is 6.23. The number of aromatic hydroxyl groups is 1. The summed E-state index contributed by atoms with van der Waals surface area (Å²) in [5.41, 5.74) is 5.24. The van der Waals surface area contributed by atoms with Crippen LogP contribution < -0.4 is 5.73 Å². The van der Waals surface area contributed by atoms with E-state index >= 15 is 0 Å². The van der Waals surface area contributed by atoms with Gasteiger partial charge in [-0.3, -0.25) is 9.59 Å². The van der Waals surface area contributed by atoms with E-state index in [0.29, 0.717) is 23.9 Å². The van der Waals surface area contributed by atoms with Crippen LogP contribution in [-0.4, -0.2) is 47.5 Å². The average Bonchev–Trinajstić information content (AvgIpc) is 2.54. The van der Waals surface area contributed by atoms with E-state index in [1.807, 2.05) is 0 Å². The average molecular weight is 385 g/mol. The van der Waals surface area contributed by atoms with Crippen molar-refractivity contribution in [1.29, 1.82) is 0 Å². The number of carbonyl (C=O) groups excluding carboxylic acids is 3. The molecule has 23 heavy (non-hydrogen) atoms. The number of esters is 1. The second kappa shape index (κ2) is 7.45. The van der Waals surface area contributed by atoms with Crippen LogP contribution in [0.2, 0.25) is 0 Å². The molecule has 1 fully saturated rings. The largest absolute Gasteiger partial charge is 0.507 e. The van der Waals surface area contributed by atoms with Gasteiger partial charge < -0.3 is 20.5 Å². The second-order valence-electron chi connectivity index (χ2n) is 5.32. The lowest BCUT2D eigenvalue weighted by molar-refractivity contribution is -0.137. The third-order valence-electron chi connectivity index (χ3n) is 3.68. The quantitative estimate of drug-likeness (QED) is 0.753. The van der Waals surface area contributed by atoms with E-state index in [-0.39, 0.29) is 23.8 Å². The van der Waals surface area contributed by atoms with Gasteiger partial charge in [0, 0.05) is 17.6 Å². The van der Waals surface area contributed by atoms with E-state index in [1.165, 1.54) is 17.0 Å². The summed E-state index contributed by atoms with van der Waals surface area (Å²) in [4.78, 5) is 36.7. The first-order chi connectivity index (χ1) is 10.9. The highest BCUT2D eigenvalue weighted by atomic mass is 79.9. The lowest BCUT2D eigenvalue weighted by atomic mass is 9.97. The minimum atomic E-state index is -0.791. The van der Waals surface area contributed by atoms with E-state index in [4.69, 9.17) is 10.5 Å². The van der Waals surface area contributed by atoms with Crippen LogP contribution >= 0.6 is 15.9 Å². The number of amides is 2. The molecule has 1 aliphatic heterocycles. The zero-order valence-corrected chi connectivity index (χ0v) is 13.9. The number of likely N-dealkylation sites (tertiary alicyclic amines) is 1. The van der Waals surface area contributed by atoms with E-state index in [2.05, 4.69) is 15.9 Å². The van der Waals surface area contributed by atoms with Gasteiger partial charge in [0.25, 0.3) is 5.91 Å². The molecule has 7 nitrogen and oxygen atoms in total. The molecule has 1 saturated heterocycles. The Hall–Kier alpha value is -2.09. The zero-order valence-electron chi connectivity index (χ0n) is 12.3. The fourth-order valence-corrected chi connectivity index (χ4v) is 2.77. The molecule has 124 valence electrons. The van der Waals surface area contributed by atoms with Crippen molar-refractivity contribution in [3.8, 4) is 5.75 Å². The van der Waals surface area contributed by atoms with Crippen molar-refractivity contribution in [2.24, 2.45) is 11.7 Å². The Kier molecular flexibility index (Phi) is 5.59. The number of primary amides is 1. The molecular weight excluding hydrogens is 368 g/mol. The lowest BCUT2D eigenvalue weighted by Gasteiger charge is -2.31. The van der Waals surface area contributed by atoms with Crippen molar-refractivity contribution in [2.45, 2.75) is 12.8 Å². The molecule has 1 aromatic carbocycles. The summed E-state index contributed by atoms with van der Waals surface area (Å²) in [6, 6.07) is 4.34. The number of hydrogen-bond donors (Lipinski definition) is 2. The van der Waals surface area contributed by atoms with Gasteiger partial charge in [-0.05, 0) is 31.0 Å². The van der Waals surface area contributed by atoms with Crippen molar-refractivity contribution < 1.29 is 24.2 Å². The van der Waals surface area contributed by atoms with Gasteiger partial charge in [0.15, 0.2) is 6.61 Å². The molecule has 0 aromatic heterocycles. The predicted octanol–water partition coefficient (Wildman–Crippen LogP) is 1.04. The van der Waals surface area contributed by atoms with E-state index < -0.39 is 24.4 Å². The molecule has 0 saturated carbocycles. The number of rotatable bonds is 4. The predicted molar refractivity (Wildman–Crippen MR) is 84.6 cm³/mol. The minimum absolute atomic E-state index is 0.0270. The van der Waals surface area contributed by atoms with E-state index in [0.717, 1.165) is 0 Å². The highest BCUT2D eigenvalue weighted by Crippen LogP contribution is 2.22. The third-order valence-corrected chi connectivity index (χ3v) is 4.17. The molecule has 1 aliphatic rings. The number of carbonyl (C=O) groups is 3. The zero-order chi connectivity index (χ0) is 17.0. The van der Waals surface area contributed by atoms with Crippen LogP contribution in [0.25, 0.3) is 0 Å². The van der Waals surface area contributed by atoms with Crippen LogP contribution in [0.4, 0.5) is 0 Å². The molecular formula is C15H17BrN2O5. The summed E-state index contributed by atoms with van der Waals surface area (Å²) in [5.74, 6) is -2.20. The highest BCUT2D eigenvalue weighted by molar-refractivity contribution is 9.10. The van der Waals surface area contributed by atoms with Gasteiger partial charge in [-0.2, -0.15) is 0 Å². The number of halogens is 1. The minimum Gasteiger partial charge on any atom is -0.507 e. The molecule has 0 radical (unpaired) electrons. The SMILES string of the molecule is NC(=O)[C@H]1CCCN(C(=O)COC(=O)c2cc(Br)ccc2O)C1. The molecule has 1 heterocycles. The normalized spacial score (nSPS) is 17.6. The summed E-state index contributed by atoms with van der Waals surface area (Å²) in [5, 5.41) is 9.65. The van der Waals surface area contributed by atoms with Gasteiger partial charge in [-0.15, -0.1) is 0 Å². The van der Waals surface area contributed by atoms with Crippen molar-refractivity contribution in [3.05, 3.63) is 28.2 Å². The number of hydrogen-bond acceptors (Lipinski definition) is 5. The lowest BCUT2D eigenvalue weighted by Crippen LogP contribution is -2.45. The first kappa shape index (κ1) is 17.3. The molecule has 0 spiro atoms. The smallest absolute Gasteiger partial charge is 0.342 e. The molecule has 3 N–H and O–H groups in total. The third kappa shape index (κ3) is 4.44. The fraction of sp³-hybridized carbons (Fsp3) is 0.400. The van der Waals surface area contributed by atoms with Gasteiger partial charge >= 0.3 is 5.97 Å². The molecule has 1 atom stereocenters. The number of nitrogens with two attached hydrogens (primary N) is 1. The number of benzene rings is 1. The van der Waals surface area contributed by atoms with Gasteiger partial charge in [0.05, 0.1) is 5.92 Å². The molecule has 8 heteroatoms. The van der Waals surface area contributed by atoms with Crippen LogP contribution in [-0.2, 0) is 14.3 Å². The van der Waals surface area contributed by atoms with E-state index in [9.17, 15) is 19.5 Å². The van der Waals surface area contributed by atoms with Crippen molar-refractivity contribution in [3.63, 3.8) is 0 Å². The molecule has 2 rings (SSSR count). The summed E-state index contributed by atoms with van der Waals surface area (Å²) in [7, 11) is 0. The molecule has 1 aromatic rings. The van der Waals surface area contributed by atoms with Crippen LogP contribution in [0.15, 0.2) is 22.7 Å². The maximum atomic E-state index is 12.1. The summed E-state index contributed by atoms with van der Waals surface area (Å²) >= 11 is 3.19. The number of nitrogens with zero attached hydrogens (tertiary/aromatic N) is 1. The Balaban J connectivity index is 1.92. The summed E-state index contributed by atoms with van der Waals surface area (Å²) in [6.45, 7) is 0.298. The number of phenols is 1. The number of piperidine rings is 1. The van der Waals surface area contributed by atoms with Gasteiger partial charge in [0.2, 0.25) is 5.91 Å². The summed E-state index contributed by atoms with van der Waals surface area (Å²) in [6.07, 6.45) is 1.34. The Bertz CT molecular complexity index is 634. The Morgan fingerprint density at radius 3 is 2.83 bits per heavy atom. The fourth-order valence-electron chi connectivity index (χ4n) is 2.40. The molecule has 0 bridgehead atoms. The molecule has 0 aliphatic carbocycles. The highest BCUT2D eigenvalue weighted by Gasteiger charge is 2.27. The number of phenolic OH excluding ortho intramolecular Hbond substituents is 1. The first-order valence-corrected chi connectivity index (χ1v) is 7.90. The van der Waals surface area contributed by atoms with Crippen LogP contribution in [0.3, 0.4) is 0 Å². The first-order valence-electron chi connectivity index (χ1n) is 7.11. The van der Waals surface area contributed by atoms with Crippen molar-refractivity contribution in [1.82, 2.24) is 4.90 Å². The van der Waals surface area contributed by atoms with Crippen LogP contribution in [0.1, 0.15) is 23.2 Å². The standard InChI is InChI=1S/C15H17BrN2O5/c16-10-3-4-12(19)11(6-10)15(22)23-8-13(20)18-5-1-2-9(7-18)14(17)21/h3-4,6,9,19H,1-2,5,7-8H2,(H2,17,21)/t9-/m0/s1. The summed E-state index contributed by atoms with van der Waals surface area (Å²) < 4.78 is 5.55. The monoisotopic (exact) mass is 384 g/mol. The Morgan fingerprint density at radius 2 is 2.13 bits per heavy atom.